The van der Waals surface area contributed by atoms with E-state index in [0.29, 0.717) is 5.56 Å². The number of hydrogen-bond acceptors (Lipinski definition) is 4. The van der Waals surface area contributed by atoms with E-state index in [1.54, 1.807) is 18.2 Å². The van der Waals surface area contributed by atoms with Crippen molar-refractivity contribution in [2.75, 3.05) is 7.11 Å². The fourth-order valence-electron chi connectivity index (χ4n) is 0.861. The Hall–Kier alpha value is -2.33. The van der Waals surface area contributed by atoms with Gasteiger partial charge in [0.25, 0.3) is 0 Å². The van der Waals surface area contributed by atoms with Crippen LogP contribution in [0, 0.1) is 23.2 Å². The van der Waals surface area contributed by atoms with Gasteiger partial charge in [0.05, 0.1) is 12.7 Å². The molecule has 0 saturated carbocycles. The van der Waals surface area contributed by atoms with Gasteiger partial charge in [-0.3, -0.25) is 0 Å². The highest BCUT2D eigenvalue weighted by Gasteiger charge is 2.10. The van der Waals surface area contributed by atoms with Crippen LogP contribution >= 0.6 is 0 Å². The van der Waals surface area contributed by atoms with Gasteiger partial charge in [0, 0.05) is 12.1 Å². The first kappa shape index (κ1) is 9.76. The molecule has 1 heterocycles. The van der Waals surface area contributed by atoms with E-state index in [1.165, 1.54) is 13.3 Å². The number of nitrogens with zero attached hydrogens (tertiary/aromatic N) is 2. The van der Waals surface area contributed by atoms with Crippen molar-refractivity contribution in [3.05, 3.63) is 29.6 Å². The molecule has 0 saturated heterocycles. The summed E-state index contributed by atoms with van der Waals surface area (Å²) in [7, 11) is 1.26. The summed E-state index contributed by atoms with van der Waals surface area (Å²) in [6.45, 7) is 0. The molecule has 0 bridgehead atoms. The van der Waals surface area contributed by atoms with E-state index in [4.69, 9.17) is 5.26 Å². The number of methoxy groups -OCH3 is 1. The molecule has 4 nitrogen and oxygen atoms in total. The maximum absolute atomic E-state index is 11.2. The predicted molar refractivity (Wildman–Crippen MR) is 48.1 cm³/mol. The zero-order valence-electron chi connectivity index (χ0n) is 7.44. The molecule has 0 spiro atoms. The fourth-order valence-corrected chi connectivity index (χ4v) is 0.861. The van der Waals surface area contributed by atoms with Gasteiger partial charge in [-0.1, -0.05) is 0 Å². The van der Waals surface area contributed by atoms with Crippen molar-refractivity contribution in [1.29, 1.82) is 5.26 Å². The van der Waals surface area contributed by atoms with Crippen LogP contribution in [-0.2, 0) is 4.74 Å². The maximum atomic E-state index is 11.2. The smallest absolute Gasteiger partial charge is 0.357 e. The van der Waals surface area contributed by atoms with Gasteiger partial charge < -0.3 is 4.74 Å². The van der Waals surface area contributed by atoms with Crippen molar-refractivity contribution < 1.29 is 9.53 Å². The number of nitriles is 1. The molecule has 1 aromatic heterocycles. The minimum absolute atomic E-state index is 0.123. The quantitative estimate of drug-likeness (QED) is 0.479. The van der Waals surface area contributed by atoms with Crippen molar-refractivity contribution in [3.63, 3.8) is 0 Å². The van der Waals surface area contributed by atoms with Gasteiger partial charge in [-0.2, -0.15) is 5.26 Å². The molecule has 0 aliphatic heterocycles. The number of carbonyl (C=O) groups excluding carboxylic acids is 1. The van der Waals surface area contributed by atoms with E-state index in [0.717, 1.165) is 0 Å². The summed E-state index contributed by atoms with van der Waals surface area (Å²) in [5.74, 6) is 4.13. The van der Waals surface area contributed by atoms with Crippen LogP contribution in [0.15, 0.2) is 18.3 Å². The summed E-state index contributed by atoms with van der Waals surface area (Å²) in [4.78, 5) is 15.0. The summed E-state index contributed by atoms with van der Waals surface area (Å²) < 4.78 is 4.50. The number of aromatic nitrogens is 1. The lowest BCUT2D eigenvalue weighted by Gasteiger charge is -1.99. The van der Waals surface area contributed by atoms with Gasteiger partial charge in [0.2, 0.25) is 0 Å². The number of pyridine rings is 1. The lowest BCUT2D eigenvalue weighted by Crippen LogP contribution is -2.06. The van der Waals surface area contributed by atoms with Crippen LogP contribution in [0.4, 0.5) is 0 Å². The SMILES string of the molecule is COC(=O)c1ncccc1C#CC#N. The molecule has 0 aliphatic rings. The highest BCUT2D eigenvalue weighted by molar-refractivity contribution is 5.90. The van der Waals surface area contributed by atoms with Crippen LogP contribution in [-0.4, -0.2) is 18.1 Å². The molecule has 0 unspecified atom stereocenters. The molecule has 0 aromatic carbocycles. The van der Waals surface area contributed by atoms with Crippen LogP contribution in [0.25, 0.3) is 0 Å². The lowest BCUT2D eigenvalue weighted by atomic mass is 10.2. The molecule has 0 radical (unpaired) electrons. The third-order valence-electron chi connectivity index (χ3n) is 1.44. The number of esters is 1. The van der Waals surface area contributed by atoms with Crippen LogP contribution in [0.3, 0.4) is 0 Å². The first-order chi connectivity index (χ1) is 6.79. The van der Waals surface area contributed by atoms with E-state index < -0.39 is 5.97 Å². The van der Waals surface area contributed by atoms with Crippen LogP contribution in [0.5, 0.6) is 0 Å². The molecule has 1 aromatic rings. The third kappa shape index (κ3) is 2.09. The summed E-state index contributed by atoms with van der Waals surface area (Å²) in [6.07, 6.45) is 1.46. The summed E-state index contributed by atoms with van der Waals surface area (Å²) in [5.41, 5.74) is 0.513. The lowest BCUT2D eigenvalue weighted by molar-refractivity contribution is 0.0593. The molecule has 0 aliphatic carbocycles. The van der Waals surface area contributed by atoms with Crippen molar-refractivity contribution in [2.45, 2.75) is 0 Å². The Morgan fingerprint density at radius 2 is 2.43 bits per heavy atom. The maximum Gasteiger partial charge on any atom is 0.357 e. The van der Waals surface area contributed by atoms with E-state index in [9.17, 15) is 4.79 Å². The van der Waals surface area contributed by atoms with Gasteiger partial charge in [-0.05, 0) is 18.1 Å². The molecule has 0 fully saturated rings. The van der Waals surface area contributed by atoms with Gasteiger partial charge in [0.1, 0.15) is 0 Å². The Kier molecular flexibility index (Phi) is 3.23. The second-order valence-corrected chi connectivity index (χ2v) is 2.25. The molecular formula is C10H6N2O2. The first-order valence-electron chi connectivity index (χ1n) is 3.73. The summed E-state index contributed by atoms with van der Waals surface area (Å²) >= 11 is 0. The number of carbonyl (C=O) groups is 1. The van der Waals surface area contributed by atoms with Gasteiger partial charge in [0.15, 0.2) is 11.8 Å². The second-order valence-electron chi connectivity index (χ2n) is 2.25. The highest BCUT2D eigenvalue weighted by Crippen LogP contribution is 2.04. The van der Waals surface area contributed by atoms with E-state index in [2.05, 4.69) is 21.6 Å². The van der Waals surface area contributed by atoms with E-state index in [1.807, 2.05) is 0 Å². The molecular weight excluding hydrogens is 180 g/mol. The highest BCUT2D eigenvalue weighted by atomic mass is 16.5. The monoisotopic (exact) mass is 186 g/mol. The second kappa shape index (κ2) is 4.64. The molecule has 68 valence electrons. The van der Waals surface area contributed by atoms with E-state index >= 15 is 0 Å². The Balaban J connectivity index is 3.17. The van der Waals surface area contributed by atoms with Gasteiger partial charge in [-0.25, -0.2) is 9.78 Å². The van der Waals surface area contributed by atoms with Crippen molar-refractivity contribution >= 4 is 5.97 Å². The zero-order valence-corrected chi connectivity index (χ0v) is 7.44. The average Bonchev–Trinajstić information content (AvgIpc) is 2.25. The van der Waals surface area contributed by atoms with E-state index in [-0.39, 0.29) is 5.69 Å². The minimum atomic E-state index is -0.562. The normalized spacial score (nSPS) is 8.00. The van der Waals surface area contributed by atoms with Gasteiger partial charge in [-0.15, -0.1) is 0 Å². The average molecular weight is 186 g/mol. The predicted octanol–water partition coefficient (Wildman–Crippen LogP) is 0.743. The molecule has 0 N–H and O–H groups in total. The summed E-state index contributed by atoms with van der Waals surface area (Å²) in [5, 5.41) is 8.25. The standard InChI is InChI=1S/C10H6N2O2/c1-14-10(13)9-8(4-2-6-11)5-3-7-12-9/h3,5,7H,1H3. The number of rotatable bonds is 1. The van der Waals surface area contributed by atoms with Crippen molar-refractivity contribution in [2.24, 2.45) is 0 Å². The first-order valence-corrected chi connectivity index (χ1v) is 3.73. The Morgan fingerprint density at radius 3 is 3.07 bits per heavy atom. The third-order valence-corrected chi connectivity index (χ3v) is 1.44. The van der Waals surface area contributed by atoms with Gasteiger partial charge >= 0.3 is 5.97 Å². The van der Waals surface area contributed by atoms with Crippen molar-refractivity contribution in [1.82, 2.24) is 4.98 Å². The number of ether oxygens (including phenoxy) is 1. The fraction of sp³-hybridized carbons (Fsp3) is 0.100. The summed E-state index contributed by atoms with van der Waals surface area (Å²) in [6, 6.07) is 4.89. The Morgan fingerprint density at radius 1 is 1.64 bits per heavy atom. The van der Waals surface area contributed by atoms with Crippen LogP contribution < -0.4 is 0 Å². The number of hydrogen-bond donors (Lipinski definition) is 0. The topological polar surface area (TPSA) is 63.0 Å². The van der Waals surface area contributed by atoms with Crippen LogP contribution in [0.2, 0.25) is 0 Å². The van der Waals surface area contributed by atoms with Crippen molar-refractivity contribution in [3.8, 4) is 17.9 Å². The largest absolute Gasteiger partial charge is 0.464 e. The minimum Gasteiger partial charge on any atom is -0.464 e. The molecule has 4 heteroatoms. The molecule has 14 heavy (non-hydrogen) atoms. The molecule has 0 atom stereocenters. The zero-order chi connectivity index (χ0) is 10.4. The Labute approximate surface area is 81.1 Å². The Bertz CT molecular complexity index is 449. The molecule has 0 amide bonds. The van der Waals surface area contributed by atoms with Crippen LogP contribution in [0.1, 0.15) is 16.1 Å². The molecule has 1 rings (SSSR count).